The number of carbonyl (C=O) groups is 1. The van der Waals surface area contributed by atoms with Gasteiger partial charge in [-0.1, -0.05) is 6.07 Å². The highest BCUT2D eigenvalue weighted by Gasteiger charge is 2.17. The van der Waals surface area contributed by atoms with Gasteiger partial charge in [0.2, 0.25) is 15.9 Å². The van der Waals surface area contributed by atoms with Crippen molar-refractivity contribution in [3.8, 4) is 0 Å². The molecule has 1 rings (SSSR count). The molecule has 1 aromatic rings. The minimum Gasteiger partial charge on any atom is -0.326 e. The van der Waals surface area contributed by atoms with Gasteiger partial charge in [0.05, 0.1) is 4.90 Å². The number of carbonyl (C=O) groups excluding carboxylic acids is 1. The van der Waals surface area contributed by atoms with E-state index in [-0.39, 0.29) is 23.2 Å². The maximum absolute atomic E-state index is 12.0. The standard InChI is InChI=1S/C13H21N3O3S.ClH/c1-14-9-5-8-13(17)15-11-6-4-7-12(10-11)20(18,19)16(2)3;/h4,6-7,10,14H,5,8-9H2,1-3H3,(H,15,17);1H. The first kappa shape index (κ1) is 19.9. The van der Waals surface area contributed by atoms with Crippen molar-refractivity contribution in [2.75, 3.05) is 33.0 Å². The lowest BCUT2D eigenvalue weighted by molar-refractivity contribution is -0.116. The zero-order chi connectivity index (χ0) is 15.2. The van der Waals surface area contributed by atoms with Crippen molar-refractivity contribution in [1.29, 1.82) is 0 Å². The van der Waals surface area contributed by atoms with Crippen LogP contribution in [0.5, 0.6) is 0 Å². The Hall–Kier alpha value is -1.15. The molecule has 1 amide bonds. The summed E-state index contributed by atoms with van der Waals surface area (Å²) in [6, 6.07) is 6.25. The monoisotopic (exact) mass is 335 g/mol. The Balaban J connectivity index is 0.00000400. The van der Waals surface area contributed by atoms with Crippen molar-refractivity contribution in [1.82, 2.24) is 9.62 Å². The van der Waals surface area contributed by atoms with Crippen LogP contribution in [0.3, 0.4) is 0 Å². The van der Waals surface area contributed by atoms with E-state index in [0.717, 1.165) is 17.3 Å². The van der Waals surface area contributed by atoms with Crippen molar-refractivity contribution in [2.24, 2.45) is 0 Å². The van der Waals surface area contributed by atoms with Gasteiger partial charge in [-0.05, 0) is 38.2 Å². The van der Waals surface area contributed by atoms with Crippen molar-refractivity contribution in [3.63, 3.8) is 0 Å². The van der Waals surface area contributed by atoms with Crippen LogP contribution >= 0.6 is 12.4 Å². The molecule has 0 radical (unpaired) electrons. The molecular formula is C13H22ClN3O3S. The Kier molecular flexibility index (Phi) is 8.50. The van der Waals surface area contributed by atoms with Gasteiger partial charge in [0.15, 0.2) is 0 Å². The Bertz CT molecular complexity index is 562. The number of anilines is 1. The van der Waals surface area contributed by atoms with Crippen molar-refractivity contribution >= 4 is 34.0 Å². The summed E-state index contributed by atoms with van der Waals surface area (Å²) in [6.45, 7) is 0.766. The Morgan fingerprint density at radius 1 is 1.29 bits per heavy atom. The van der Waals surface area contributed by atoms with Gasteiger partial charge in [0, 0.05) is 26.2 Å². The van der Waals surface area contributed by atoms with Crippen LogP contribution in [-0.4, -0.2) is 46.3 Å². The highest BCUT2D eigenvalue weighted by Crippen LogP contribution is 2.18. The smallest absolute Gasteiger partial charge is 0.242 e. The summed E-state index contributed by atoms with van der Waals surface area (Å²) in [6.07, 6.45) is 1.13. The molecule has 0 atom stereocenters. The van der Waals surface area contributed by atoms with Crippen LogP contribution in [0.1, 0.15) is 12.8 Å². The lowest BCUT2D eigenvalue weighted by Gasteiger charge is -2.12. The SMILES string of the molecule is CNCCCC(=O)Nc1cccc(S(=O)(=O)N(C)C)c1.Cl. The fraction of sp³-hybridized carbons (Fsp3) is 0.462. The minimum absolute atomic E-state index is 0. The molecule has 120 valence electrons. The molecule has 6 nitrogen and oxygen atoms in total. The van der Waals surface area contributed by atoms with Crippen LogP contribution in [-0.2, 0) is 14.8 Å². The number of nitrogens with one attached hydrogen (secondary N) is 2. The van der Waals surface area contributed by atoms with E-state index in [2.05, 4.69) is 10.6 Å². The summed E-state index contributed by atoms with van der Waals surface area (Å²) in [7, 11) is 1.28. The van der Waals surface area contributed by atoms with Crippen molar-refractivity contribution in [3.05, 3.63) is 24.3 Å². The number of sulfonamides is 1. The van der Waals surface area contributed by atoms with E-state index in [0.29, 0.717) is 12.1 Å². The van der Waals surface area contributed by atoms with E-state index < -0.39 is 10.0 Å². The second kappa shape index (κ2) is 8.99. The molecular weight excluding hydrogens is 314 g/mol. The van der Waals surface area contributed by atoms with Gasteiger partial charge in [-0.15, -0.1) is 12.4 Å². The average molecular weight is 336 g/mol. The molecule has 0 unspecified atom stereocenters. The molecule has 21 heavy (non-hydrogen) atoms. The summed E-state index contributed by atoms with van der Waals surface area (Å²) in [5.41, 5.74) is 0.488. The molecule has 2 N–H and O–H groups in total. The van der Waals surface area contributed by atoms with Crippen LogP contribution in [0.15, 0.2) is 29.2 Å². The van der Waals surface area contributed by atoms with Crippen molar-refractivity contribution < 1.29 is 13.2 Å². The van der Waals surface area contributed by atoms with Crippen LogP contribution in [0.25, 0.3) is 0 Å². The van der Waals surface area contributed by atoms with Crippen LogP contribution in [0.4, 0.5) is 5.69 Å². The maximum Gasteiger partial charge on any atom is 0.242 e. The quantitative estimate of drug-likeness (QED) is 0.736. The zero-order valence-electron chi connectivity index (χ0n) is 12.4. The average Bonchev–Trinajstić information content (AvgIpc) is 2.39. The number of benzene rings is 1. The van der Waals surface area contributed by atoms with Gasteiger partial charge >= 0.3 is 0 Å². The highest BCUT2D eigenvalue weighted by atomic mass is 35.5. The first-order valence-corrected chi connectivity index (χ1v) is 7.79. The largest absolute Gasteiger partial charge is 0.326 e. The van der Waals surface area contributed by atoms with Crippen LogP contribution < -0.4 is 10.6 Å². The lowest BCUT2D eigenvalue weighted by Crippen LogP contribution is -2.22. The Labute approximate surface area is 132 Å². The van der Waals surface area contributed by atoms with Gasteiger partial charge in [-0.25, -0.2) is 12.7 Å². The van der Waals surface area contributed by atoms with Gasteiger partial charge in [0.1, 0.15) is 0 Å². The number of nitrogens with zero attached hydrogens (tertiary/aromatic N) is 1. The van der Waals surface area contributed by atoms with Gasteiger partial charge in [-0.2, -0.15) is 0 Å². The van der Waals surface area contributed by atoms with E-state index >= 15 is 0 Å². The molecule has 0 heterocycles. The molecule has 0 spiro atoms. The van der Waals surface area contributed by atoms with E-state index in [1.807, 2.05) is 7.05 Å². The first-order chi connectivity index (χ1) is 9.37. The molecule has 0 bridgehead atoms. The van der Waals surface area contributed by atoms with Gasteiger partial charge in [0.25, 0.3) is 0 Å². The third kappa shape index (κ3) is 6.01. The summed E-state index contributed by atoms with van der Waals surface area (Å²) in [5.74, 6) is -0.125. The Morgan fingerprint density at radius 2 is 1.95 bits per heavy atom. The topological polar surface area (TPSA) is 78.5 Å². The van der Waals surface area contributed by atoms with E-state index in [4.69, 9.17) is 0 Å². The molecule has 0 aromatic heterocycles. The number of hydrogen-bond donors (Lipinski definition) is 2. The van der Waals surface area contributed by atoms with E-state index in [1.165, 1.54) is 26.2 Å². The minimum atomic E-state index is -3.48. The number of halogens is 1. The first-order valence-electron chi connectivity index (χ1n) is 6.35. The van der Waals surface area contributed by atoms with Gasteiger partial charge in [-0.3, -0.25) is 4.79 Å². The van der Waals surface area contributed by atoms with Crippen molar-refractivity contribution in [2.45, 2.75) is 17.7 Å². The van der Waals surface area contributed by atoms with E-state index in [9.17, 15) is 13.2 Å². The molecule has 0 aliphatic carbocycles. The lowest BCUT2D eigenvalue weighted by atomic mass is 10.2. The summed E-state index contributed by atoms with van der Waals surface area (Å²) in [5, 5.41) is 5.67. The highest BCUT2D eigenvalue weighted by molar-refractivity contribution is 7.89. The molecule has 0 aliphatic heterocycles. The summed E-state index contributed by atoms with van der Waals surface area (Å²) < 4.78 is 25.1. The van der Waals surface area contributed by atoms with E-state index in [1.54, 1.807) is 12.1 Å². The fourth-order valence-electron chi connectivity index (χ4n) is 1.59. The number of rotatable bonds is 7. The predicted octanol–water partition coefficient (Wildman–Crippen LogP) is 1.30. The Morgan fingerprint density at radius 3 is 2.52 bits per heavy atom. The predicted molar refractivity (Wildman–Crippen MR) is 86.4 cm³/mol. The normalized spacial score (nSPS) is 11.0. The molecule has 0 fully saturated rings. The molecule has 8 heteroatoms. The number of amides is 1. The number of hydrogen-bond acceptors (Lipinski definition) is 4. The third-order valence-electron chi connectivity index (χ3n) is 2.73. The van der Waals surface area contributed by atoms with Crippen LogP contribution in [0.2, 0.25) is 0 Å². The molecule has 0 saturated heterocycles. The fourth-order valence-corrected chi connectivity index (χ4v) is 2.54. The zero-order valence-corrected chi connectivity index (χ0v) is 14.1. The summed E-state index contributed by atoms with van der Waals surface area (Å²) >= 11 is 0. The molecule has 0 aliphatic rings. The van der Waals surface area contributed by atoms with Gasteiger partial charge < -0.3 is 10.6 Å². The molecule has 1 aromatic carbocycles. The maximum atomic E-state index is 12.0. The third-order valence-corrected chi connectivity index (χ3v) is 4.54. The molecule has 0 saturated carbocycles. The van der Waals surface area contributed by atoms with Crippen LogP contribution in [0, 0.1) is 0 Å². The second-order valence-electron chi connectivity index (χ2n) is 4.57. The second-order valence-corrected chi connectivity index (χ2v) is 6.72. The summed E-state index contributed by atoms with van der Waals surface area (Å²) in [4.78, 5) is 11.8.